The molecule has 0 saturated carbocycles. The molecular weight excluding hydrogens is 348 g/mol. The Morgan fingerprint density at radius 3 is 2.41 bits per heavy atom. The lowest BCUT2D eigenvalue weighted by Gasteiger charge is -2.19. The zero-order chi connectivity index (χ0) is 20.0. The van der Waals surface area contributed by atoms with E-state index in [1.807, 2.05) is 0 Å². The van der Waals surface area contributed by atoms with Crippen LogP contribution in [0.3, 0.4) is 0 Å². The summed E-state index contributed by atoms with van der Waals surface area (Å²) in [5, 5.41) is 29.2. The normalized spacial score (nSPS) is 12.1. The van der Waals surface area contributed by atoms with Crippen LogP contribution in [0.15, 0.2) is 54.6 Å². The highest BCUT2D eigenvalue weighted by Crippen LogP contribution is 2.40. The molecule has 2 rings (SSSR count). The lowest BCUT2D eigenvalue weighted by Crippen LogP contribution is -2.08. The highest BCUT2D eigenvalue weighted by Gasteiger charge is 2.25. The van der Waals surface area contributed by atoms with Gasteiger partial charge >= 0.3 is 0 Å². The first-order valence-electron chi connectivity index (χ1n) is 8.23. The third-order valence-electron chi connectivity index (χ3n) is 3.97. The van der Waals surface area contributed by atoms with E-state index in [4.69, 9.17) is 4.74 Å². The van der Waals surface area contributed by atoms with E-state index < -0.39 is 11.9 Å². The summed E-state index contributed by atoms with van der Waals surface area (Å²) in [6.45, 7) is 5.53. The molecule has 0 fully saturated rings. The largest absolute Gasteiger partial charge is 0.508 e. The number of carbonyl (C=O) groups excluding carboxylic acids is 1. The number of carbonyl (C=O) groups is 1. The highest BCUT2D eigenvalue weighted by molar-refractivity contribution is 6.09. The maximum Gasteiger partial charge on any atom is 0.189 e. The van der Waals surface area contributed by atoms with Crippen molar-refractivity contribution in [2.45, 2.75) is 19.4 Å². The van der Waals surface area contributed by atoms with E-state index in [1.54, 1.807) is 25.1 Å². The topological polar surface area (TPSA) is 96.2 Å². The first-order chi connectivity index (χ1) is 12.9. The summed E-state index contributed by atoms with van der Waals surface area (Å²) in [4.78, 5) is 17.0. The Balaban J connectivity index is 2.39. The molecule has 0 bridgehead atoms. The summed E-state index contributed by atoms with van der Waals surface area (Å²) in [5.41, 5.74) is 1.66. The van der Waals surface area contributed by atoms with Gasteiger partial charge < -0.3 is 14.9 Å². The lowest BCUT2D eigenvalue weighted by molar-refractivity contribution is -0.281. The smallest absolute Gasteiger partial charge is 0.189 e. The van der Waals surface area contributed by atoms with Gasteiger partial charge in [-0.05, 0) is 42.8 Å². The van der Waals surface area contributed by atoms with Crippen molar-refractivity contribution in [2.24, 2.45) is 0 Å². The molecule has 27 heavy (non-hydrogen) atoms. The summed E-state index contributed by atoms with van der Waals surface area (Å²) in [5.74, 6) is -0.346. The van der Waals surface area contributed by atoms with E-state index in [0.29, 0.717) is 5.56 Å². The molecular formula is C21H22O6. The molecule has 0 unspecified atom stereocenters. The third kappa shape index (κ3) is 4.97. The van der Waals surface area contributed by atoms with Crippen molar-refractivity contribution < 1.29 is 29.9 Å². The SMILES string of the molecule is C=C(C)C[C@@H](OO)c1c(OC)ccc(C(=O)C=Cc2ccc(O)cc2)c1O. The maximum absolute atomic E-state index is 12.5. The number of methoxy groups -OCH3 is 1. The molecule has 6 nitrogen and oxygen atoms in total. The number of allylic oxidation sites excluding steroid dienone is 1. The van der Waals surface area contributed by atoms with Gasteiger partial charge in [0.05, 0.1) is 18.2 Å². The van der Waals surface area contributed by atoms with Gasteiger partial charge in [0.2, 0.25) is 0 Å². The van der Waals surface area contributed by atoms with Crippen molar-refractivity contribution in [2.75, 3.05) is 7.11 Å². The number of aromatic hydroxyl groups is 2. The molecule has 0 amide bonds. The van der Waals surface area contributed by atoms with Crippen LogP contribution in [0.2, 0.25) is 0 Å². The first-order valence-corrected chi connectivity index (χ1v) is 8.23. The zero-order valence-electron chi connectivity index (χ0n) is 15.2. The van der Waals surface area contributed by atoms with Crippen molar-refractivity contribution in [3.05, 3.63) is 71.3 Å². The monoisotopic (exact) mass is 370 g/mol. The first kappa shape index (κ1) is 20.2. The Kier molecular flexibility index (Phi) is 6.76. The molecule has 0 aliphatic rings. The van der Waals surface area contributed by atoms with Gasteiger partial charge in [0, 0.05) is 6.42 Å². The van der Waals surface area contributed by atoms with E-state index in [1.165, 1.54) is 37.5 Å². The Morgan fingerprint density at radius 1 is 1.19 bits per heavy atom. The van der Waals surface area contributed by atoms with Crippen LogP contribution in [0.5, 0.6) is 17.2 Å². The summed E-state index contributed by atoms with van der Waals surface area (Å²) in [6, 6.07) is 9.29. The second-order valence-electron chi connectivity index (χ2n) is 6.12. The van der Waals surface area contributed by atoms with Crippen molar-refractivity contribution in [3.8, 4) is 17.2 Å². The maximum atomic E-state index is 12.5. The molecule has 2 aromatic carbocycles. The zero-order valence-corrected chi connectivity index (χ0v) is 15.2. The van der Waals surface area contributed by atoms with E-state index in [9.17, 15) is 20.3 Å². The average Bonchev–Trinajstić information content (AvgIpc) is 2.65. The Labute approximate surface area is 157 Å². The summed E-state index contributed by atoms with van der Waals surface area (Å²) in [6.07, 6.45) is 2.19. The average molecular weight is 370 g/mol. The minimum Gasteiger partial charge on any atom is -0.508 e. The lowest BCUT2D eigenvalue weighted by atomic mass is 9.96. The van der Waals surface area contributed by atoms with Crippen LogP contribution in [0, 0.1) is 0 Å². The van der Waals surface area contributed by atoms with E-state index in [2.05, 4.69) is 11.5 Å². The predicted molar refractivity (Wildman–Crippen MR) is 102 cm³/mol. The number of ether oxygens (including phenoxy) is 1. The van der Waals surface area contributed by atoms with Crippen LogP contribution in [0.1, 0.15) is 40.9 Å². The van der Waals surface area contributed by atoms with Crippen molar-refractivity contribution in [1.82, 2.24) is 0 Å². The third-order valence-corrected chi connectivity index (χ3v) is 3.97. The Morgan fingerprint density at radius 2 is 1.85 bits per heavy atom. The fourth-order valence-corrected chi connectivity index (χ4v) is 2.63. The van der Waals surface area contributed by atoms with Crippen LogP contribution in [-0.2, 0) is 4.89 Å². The molecule has 2 aromatic rings. The summed E-state index contributed by atoms with van der Waals surface area (Å²) < 4.78 is 5.23. The predicted octanol–water partition coefficient (Wildman–Crippen LogP) is 4.50. The number of hydrogen-bond acceptors (Lipinski definition) is 6. The van der Waals surface area contributed by atoms with Gasteiger partial charge in [0.25, 0.3) is 0 Å². The Hall–Kier alpha value is -3.09. The Bertz CT molecular complexity index is 852. The molecule has 0 heterocycles. The molecule has 0 aliphatic carbocycles. The molecule has 6 heteroatoms. The van der Waals surface area contributed by atoms with Gasteiger partial charge in [-0.15, -0.1) is 6.58 Å². The molecule has 0 spiro atoms. The number of phenols is 2. The van der Waals surface area contributed by atoms with Crippen LogP contribution in [0.25, 0.3) is 6.08 Å². The highest BCUT2D eigenvalue weighted by atomic mass is 17.1. The fraction of sp³-hybridized carbons (Fsp3) is 0.190. The van der Waals surface area contributed by atoms with E-state index >= 15 is 0 Å². The molecule has 1 atom stereocenters. The standard InChI is InChI=1S/C21H22O6/c1-13(2)12-19(27-25)20-18(26-3)11-9-16(21(20)24)17(23)10-6-14-4-7-15(22)8-5-14/h4-11,19,22,24-25H,1,12H2,2-3H3/t19-/m1/s1. The van der Waals surface area contributed by atoms with Crippen molar-refractivity contribution >= 4 is 11.9 Å². The number of phenolic OH excluding ortho intramolecular Hbond substituents is 2. The van der Waals surface area contributed by atoms with Gasteiger partial charge in [0.15, 0.2) is 5.78 Å². The van der Waals surface area contributed by atoms with Gasteiger partial charge in [-0.2, -0.15) is 0 Å². The molecule has 0 aliphatic heterocycles. The molecule has 142 valence electrons. The van der Waals surface area contributed by atoms with E-state index in [0.717, 1.165) is 5.57 Å². The quantitative estimate of drug-likeness (QED) is 0.208. The minimum absolute atomic E-state index is 0.0459. The van der Waals surface area contributed by atoms with Crippen molar-refractivity contribution in [3.63, 3.8) is 0 Å². The number of rotatable bonds is 8. The number of ketones is 1. The fourth-order valence-electron chi connectivity index (χ4n) is 2.63. The van der Waals surface area contributed by atoms with Gasteiger partial charge in [-0.3, -0.25) is 10.1 Å². The molecule has 0 aromatic heterocycles. The van der Waals surface area contributed by atoms with Crippen LogP contribution in [-0.4, -0.2) is 28.4 Å². The second-order valence-corrected chi connectivity index (χ2v) is 6.12. The molecule has 0 radical (unpaired) electrons. The van der Waals surface area contributed by atoms with Gasteiger partial charge in [0.1, 0.15) is 23.4 Å². The van der Waals surface area contributed by atoms with Crippen LogP contribution >= 0.6 is 0 Å². The van der Waals surface area contributed by atoms with Crippen LogP contribution < -0.4 is 4.74 Å². The summed E-state index contributed by atoms with van der Waals surface area (Å²) in [7, 11) is 1.42. The minimum atomic E-state index is -0.925. The van der Waals surface area contributed by atoms with Gasteiger partial charge in [-0.1, -0.05) is 23.8 Å². The molecule has 3 N–H and O–H groups in total. The summed E-state index contributed by atoms with van der Waals surface area (Å²) >= 11 is 0. The number of benzene rings is 2. The van der Waals surface area contributed by atoms with Crippen LogP contribution in [0.4, 0.5) is 0 Å². The van der Waals surface area contributed by atoms with Gasteiger partial charge in [-0.25, -0.2) is 4.89 Å². The number of hydrogen-bond donors (Lipinski definition) is 3. The molecule has 0 saturated heterocycles. The van der Waals surface area contributed by atoms with Crippen molar-refractivity contribution in [1.29, 1.82) is 0 Å². The second kappa shape index (κ2) is 9.02. The van der Waals surface area contributed by atoms with E-state index in [-0.39, 0.29) is 34.8 Å².